The van der Waals surface area contributed by atoms with Gasteiger partial charge in [-0.15, -0.1) is 0 Å². The van der Waals surface area contributed by atoms with Crippen molar-refractivity contribution in [2.24, 2.45) is 0 Å². The monoisotopic (exact) mass is 293 g/mol. The van der Waals surface area contributed by atoms with Crippen molar-refractivity contribution in [2.75, 3.05) is 7.11 Å². The van der Waals surface area contributed by atoms with Crippen LogP contribution in [0.2, 0.25) is 0 Å². The zero-order valence-electron chi connectivity index (χ0n) is 11.5. The van der Waals surface area contributed by atoms with E-state index in [0.29, 0.717) is 5.56 Å². The lowest BCUT2D eigenvalue weighted by Crippen LogP contribution is -2.09. The normalized spacial score (nSPS) is 14.1. The Hall–Kier alpha value is -2.04. The van der Waals surface area contributed by atoms with Crippen LogP contribution in [0.5, 0.6) is 5.88 Å². The number of aryl methyl sites for hydroxylation is 1. The van der Waals surface area contributed by atoms with Gasteiger partial charge >= 0.3 is 6.18 Å². The van der Waals surface area contributed by atoms with Crippen LogP contribution in [0.25, 0.3) is 11.3 Å². The molecule has 0 amide bonds. The predicted octanol–water partition coefficient (Wildman–Crippen LogP) is 4.26. The SMILES string of the molecule is COc1ccc(C(F)(F)F)c(-c2cccc3c2CCC3)n1. The van der Waals surface area contributed by atoms with Gasteiger partial charge in [0.1, 0.15) is 0 Å². The fourth-order valence-corrected chi connectivity index (χ4v) is 2.83. The van der Waals surface area contributed by atoms with Crippen molar-refractivity contribution in [3.63, 3.8) is 0 Å². The van der Waals surface area contributed by atoms with Crippen LogP contribution < -0.4 is 4.74 Å². The second-order valence-electron chi connectivity index (χ2n) is 5.04. The molecule has 5 heteroatoms. The summed E-state index contributed by atoms with van der Waals surface area (Å²) in [4.78, 5) is 4.06. The van der Waals surface area contributed by atoms with E-state index >= 15 is 0 Å². The number of pyridine rings is 1. The lowest BCUT2D eigenvalue weighted by molar-refractivity contribution is -0.137. The molecule has 1 aromatic heterocycles. The maximum Gasteiger partial charge on any atom is 0.418 e. The summed E-state index contributed by atoms with van der Waals surface area (Å²) in [7, 11) is 1.40. The van der Waals surface area contributed by atoms with Crippen LogP contribution in [0.4, 0.5) is 13.2 Å². The highest BCUT2D eigenvalue weighted by Crippen LogP contribution is 2.40. The van der Waals surface area contributed by atoms with Gasteiger partial charge < -0.3 is 4.74 Å². The Labute approximate surface area is 120 Å². The number of ether oxygens (including phenoxy) is 1. The van der Waals surface area contributed by atoms with Gasteiger partial charge in [-0.05, 0) is 36.5 Å². The van der Waals surface area contributed by atoms with E-state index in [9.17, 15) is 13.2 Å². The zero-order valence-corrected chi connectivity index (χ0v) is 11.5. The number of hydrogen-bond donors (Lipinski definition) is 0. The van der Waals surface area contributed by atoms with Crippen molar-refractivity contribution < 1.29 is 17.9 Å². The summed E-state index contributed by atoms with van der Waals surface area (Å²) in [5.74, 6) is 0.189. The summed E-state index contributed by atoms with van der Waals surface area (Å²) in [5.41, 5.74) is 1.90. The molecule has 0 N–H and O–H groups in total. The summed E-state index contributed by atoms with van der Waals surface area (Å²) >= 11 is 0. The van der Waals surface area contributed by atoms with Gasteiger partial charge in [0.05, 0.1) is 18.4 Å². The minimum absolute atomic E-state index is 0.0411. The van der Waals surface area contributed by atoms with Crippen LogP contribution >= 0.6 is 0 Å². The number of hydrogen-bond acceptors (Lipinski definition) is 2. The lowest BCUT2D eigenvalue weighted by Gasteiger charge is -2.15. The summed E-state index contributed by atoms with van der Waals surface area (Å²) in [6.07, 6.45) is -1.76. The van der Waals surface area contributed by atoms with Crippen LogP contribution in [0.15, 0.2) is 30.3 Å². The molecule has 0 fully saturated rings. The maximum absolute atomic E-state index is 13.2. The number of alkyl halides is 3. The molecule has 1 aromatic carbocycles. The van der Waals surface area contributed by atoms with Crippen LogP contribution in [0, 0.1) is 0 Å². The Balaban J connectivity index is 2.24. The van der Waals surface area contributed by atoms with Gasteiger partial charge in [0, 0.05) is 11.6 Å². The molecule has 0 aliphatic heterocycles. The first-order chi connectivity index (χ1) is 10.0. The average molecular weight is 293 g/mol. The number of rotatable bonds is 2. The fourth-order valence-electron chi connectivity index (χ4n) is 2.83. The van der Waals surface area contributed by atoms with Crippen molar-refractivity contribution in [3.05, 3.63) is 47.0 Å². The fraction of sp³-hybridized carbons (Fsp3) is 0.312. The van der Waals surface area contributed by atoms with Crippen LogP contribution in [0.3, 0.4) is 0 Å². The highest BCUT2D eigenvalue weighted by Gasteiger charge is 2.35. The van der Waals surface area contributed by atoms with Crippen molar-refractivity contribution in [1.82, 2.24) is 4.98 Å². The van der Waals surface area contributed by atoms with Crippen LogP contribution in [-0.2, 0) is 19.0 Å². The van der Waals surface area contributed by atoms with E-state index < -0.39 is 11.7 Å². The van der Waals surface area contributed by atoms with Crippen molar-refractivity contribution in [1.29, 1.82) is 0 Å². The van der Waals surface area contributed by atoms with Crippen molar-refractivity contribution >= 4 is 0 Å². The molecule has 0 saturated heterocycles. The van der Waals surface area contributed by atoms with Gasteiger partial charge in [0.15, 0.2) is 0 Å². The molecule has 3 rings (SSSR count). The number of aromatic nitrogens is 1. The van der Waals surface area contributed by atoms with Crippen molar-refractivity contribution in [3.8, 4) is 17.1 Å². The zero-order chi connectivity index (χ0) is 15.0. The third-order valence-corrected chi connectivity index (χ3v) is 3.79. The van der Waals surface area contributed by atoms with Gasteiger partial charge in [-0.3, -0.25) is 0 Å². The Morgan fingerprint density at radius 2 is 1.90 bits per heavy atom. The first-order valence-electron chi connectivity index (χ1n) is 6.74. The molecule has 2 aromatic rings. The number of fused-ring (bicyclic) bond motifs is 1. The lowest BCUT2D eigenvalue weighted by atomic mass is 9.97. The molecule has 21 heavy (non-hydrogen) atoms. The molecule has 0 radical (unpaired) electrons. The Morgan fingerprint density at radius 1 is 1.10 bits per heavy atom. The minimum Gasteiger partial charge on any atom is -0.481 e. The molecule has 0 atom stereocenters. The standard InChI is InChI=1S/C16H14F3NO/c1-21-14-9-8-13(16(17,18)19)15(20-14)12-7-3-5-10-4-2-6-11(10)12/h3,5,7-9H,2,4,6H2,1H3. The highest BCUT2D eigenvalue weighted by atomic mass is 19.4. The smallest absolute Gasteiger partial charge is 0.418 e. The summed E-state index contributed by atoms with van der Waals surface area (Å²) in [6, 6.07) is 7.76. The van der Waals surface area contributed by atoms with Crippen molar-refractivity contribution in [2.45, 2.75) is 25.4 Å². The summed E-state index contributed by atoms with van der Waals surface area (Å²) < 4.78 is 44.7. The third-order valence-electron chi connectivity index (χ3n) is 3.79. The van der Waals surface area contributed by atoms with E-state index in [1.165, 1.54) is 13.2 Å². The molecule has 2 nitrogen and oxygen atoms in total. The second-order valence-corrected chi connectivity index (χ2v) is 5.04. The molecule has 0 unspecified atom stereocenters. The van der Waals surface area contributed by atoms with E-state index in [-0.39, 0.29) is 11.6 Å². The molecule has 110 valence electrons. The Kier molecular flexibility index (Phi) is 3.35. The van der Waals surface area contributed by atoms with E-state index in [2.05, 4.69) is 4.98 Å². The second kappa shape index (κ2) is 5.06. The van der Waals surface area contributed by atoms with Gasteiger partial charge in [-0.1, -0.05) is 18.2 Å². The summed E-state index contributed by atoms with van der Waals surface area (Å²) in [5, 5.41) is 0. The molecule has 1 aliphatic rings. The molecular formula is C16H14F3NO. The Morgan fingerprint density at radius 3 is 2.62 bits per heavy atom. The maximum atomic E-state index is 13.2. The van der Waals surface area contributed by atoms with Gasteiger partial charge in [-0.25, -0.2) is 4.98 Å². The number of nitrogens with zero attached hydrogens (tertiary/aromatic N) is 1. The number of benzene rings is 1. The molecule has 0 bridgehead atoms. The van der Waals surface area contributed by atoms with E-state index in [0.717, 1.165) is 36.5 Å². The predicted molar refractivity (Wildman–Crippen MR) is 73.3 cm³/mol. The third kappa shape index (κ3) is 2.48. The quantitative estimate of drug-likeness (QED) is 0.825. The van der Waals surface area contributed by atoms with Gasteiger partial charge in [0.2, 0.25) is 5.88 Å². The van der Waals surface area contributed by atoms with Crippen LogP contribution in [0.1, 0.15) is 23.1 Å². The van der Waals surface area contributed by atoms with E-state index in [4.69, 9.17) is 4.74 Å². The molecule has 0 saturated carbocycles. The topological polar surface area (TPSA) is 22.1 Å². The van der Waals surface area contributed by atoms with E-state index in [1.807, 2.05) is 6.07 Å². The first kappa shape index (κ1) is 13.9. The molecule has 1 aliphatic carbocycles. The number of methoxy groups -OCH3 is 1. The molecule has 0 spiro atoms. The van der Waals surface area contributed by atoms with Crippen LogP contribution in [-0.4, -0.2) is 12.1 Å². The van der Waals surface area contributed by atoms with E-state index in [1.54, 1.807) is 12.1 Å². The van der Waals surface area contributed by atoms with Gasteiger partial charge in [0.25, 0.3) is 0 Å². The van der Waals surface area contributed by atoms with Gasteiger partial charge in [-0.2, -0.15) is 13.2 Å². The highest BCUT2D eigenvalue weighted by molar-refractivity contribution is 5.70. The molecular weight excluding hydrogens is 279 g/mol. The number of halogens is 3. The Bertz CT molecular complexity index is 680. The summed E-state index contributed by atoms with van der Waals surface area (Å²) in [6.45, 7) is 0. The molecule has 1 heterocycles. The minimum atomic E-state index is -4.43. The first-order valence-corrected chi connectivity index (χ1v) is 6.74. The average Bonchev–Trinajstić information content (AvgIpc) is 2.93. The largest absolute Gasteiger partial charge is 0.481 e.